The minimum absolute atomic E-state index is 0.228. The Balaban J connectivity index is 2.12. The maximum Gasteiger partial charge on any atom is 0.137 e. The molecule has 0 bridgehead atoms. The first-order chi connectivity index (χ1) is 9.25. The molecule has 0 atom stereocenters. The van der Waals surface area contributed by atoms with E-state index in [-0.39, 0.29) is 5.82 Å². The summed E-state index contributed by atoms with van der Waals surface area (Å²) in [7, 11) is 0. The third-order valence-electron chi connectivity index (χ3n) is 2.82. The molecule has 0 unspecified atom stereocenters. The van der Waals surface area contributed by atoms with E-state index in [9.17, 15) is 4.39 Å². The molecular formula is C15H11FN2S. The minimum Gasteiger partial charge on any atom is -0.398 e. The SMILES string of the molecule is Nc1ccc(Sc2ccccc2F)c2ncccc12. The number of nitrogens with two attached hydrogens (primary N) is 1. The molecule has 0 fully saturated rings. The predicted molar refractivity (Wildman–Crippen MR) is 76.7 cm³/mol. The fourth-order valence-corrected chi connectivity index (χ4v) is 2.84. The summed E-state index contributed by atoms with van der Waals surface area (Å²) in [6, 6.07) is 14.2. The van der Waals surface area contributed by atoms with Crippen LogP contribution in [0.2, 0.25) is 0 Å². The zero-order valence-electron chi connectivity index (χ0n) is 10.0. The molecule has 0 radical (unpaired) electrons. The van der Waals surface area contributed by atoms with Crippen LogP contribution in [0.15, 0.2) is 64.5 Å². The highest BCUT2D eigenvalue weighted by atomic mass is 32.2. The second kappa shape index (κ2) is 4.90. The molecule has 2 nitrogen and oxygen atoms in total. The Hall–Kier alpha value is -2.07. The van der Waals surface area contributed by atoms with Gasteiger partial charge in [-0.05, 0) is 36.4 Å². The summed E-state index contributed by atoms with van der Waals surface area (Å²) >= 11 is 1.36. The van der Waals surface area contributed by atoms with E-state index < -0.39 is 0 Å². The Bertz CT molecular complexity index is 743. The average molecular weight is 270 g/mol. The van der Waals surface area contributed by atoms with Crippen LogP contribution in [0.5, 0.6) is 0 Å². The highest BCUT2D eigenvalue weighted by molar-refractivity contribution is 7.99. The standard InChI is InChI=1S/C15H11FN2S/c16-11-5-1-2-6-13(11)19-14-8-7-12(17)10-4-3-9-18-15(10)14/h1-9H,17H2. The third kappa shape index (κ3) is 2.27. The first-order valence-corrected chi connectivity index (χ1v) is 6.63. The molecule has 2 N–H and O–H groups in total. The van der Waals surface area contributed by atoms with E-state index in [1.54, 1.807) is 18.3 Å². The Morgan fingerprint density at radius 3 is 2.63 bits per heavy atom. The van der Waals surface area contributed by atoms with Crippen LogP contribution in [0.25, 0.3) is 10.9 Å². The Morgan fingerprint density at radius 2 is 1.79 bits per heavy atom. The van der Waals surface area contributed by atoms with Crippen molar-refractivity contribution < 1.29 is 4.39 Å². The lowest BCUT2D eigenvalue weighted by Crippen LogP contribution is -1.90. The Labute approximate surface area is 114 Å². The summed E-state index contributed by atoms with van der Waals surface area (Å²) in [5.41, 5.74) is 7.41. The van der Waals surface area contributed by atoms with Gasteiger partial charge in [0.05, 0.1) is 5.52 Å². The van der Waals surface area contributed by atoms with Crippen molar-refractivity contribution >= 4 is 28.4 Å². The van der Waals surface area contributed by atoms with Crippen LogP contribution in [-0.2, 0) is 0 Å². The lowest BCUT2D eigenvalue weighted by atomic mass is 10.2. The summed E-state index contributed by atoms with van der Waals surface area (Å²) in [5.74, 6) is -0.228. The van der Waals surface area contributed by atoms with Gasteiger partial charge in [0.1, 0.15) is 5.82 Å². The summed E-state index contributed by atoms with van der Waals surface area (Å²) in [6.45, 7) is 0. The zero-order chi connectivity index (χ0) is 13.2. The molecule has 4 heteroatoms. The van der Waals surface area contributed by atoms with Gasteiger partial charge in [-0.15, -0.1) is 0 Å². The molecule has 0 aliphatic heterocycles. The predicted octanol–water partition coefficient (Wildman–Crippen LogP) is 4.11. The van der Waals surface area contributed by atoms with E-state index in [0.29, 0.717) is 10.6 Å². The van der Waals surface area contributed by atoms with Gasteiger partial charge in [-0.3, -0.25) is 4.98 Å². The van der Waals surface area contributed by atoms with Gasteiger partial charge in [0.15, 0.2) is 0 Å². The monoisotopic (exact) mass is 270 g/mol. The van der Waals surface area contributed by atoms with Gasteiger partial charge >= 0.3 is 0 Å². The number of halogens is 1. The van der Waals surface area contributed by atoms with Gasteiger partial charge in [-0.2, -0.15) is 0 Å². The lowest BCUT2D eigenvalue weighted by molar-refractivity contribution is 0.602. The Morgan fingerprint density at radius 1 is 0.947 bits per heavy atom. The van der Waals surface area contributed by atoms with Gasteiger partial charge in [0, 0.05) is 27.1 Å². The molecular weight excluding hydrogens is 259 g/mol. The van der Waals surface area contributed by atoms with Crippen LogP contribution in [-0.4, -0.2) is 4.98 Å². The number of fused-ring (bicyclic) bond motifs is 1. The van der Waals surface area contributed by atoms with Crippen molar-refractivity contribution in [1.82, 2.24) is 4.98 Å². The summed E-state index contributed by atoms with van der Waals surface area (Å²) < 4.78 is 13.7. The van der Waals surface area contributed by atoms with Gasteiger partial charge < -0.3 is 5.73 Å². The number of hydrogen-bond donors (Lipinski definition) is 1. The number of nitrogens with zero attached hydrogens (tertiary/aromatic N) is 1. The van der Waals surface area contributed by atoms with E-state index in [1.165, 1.54) is 17.8 Å². The van der Waals surface area contributed by atoms with Crippen molar-refractivity contribution in [3.8, 4) is 0 Å². The van der Waals surface area contributed by atoms with Crippen molar-refractivity contribution in [3.05, 3.63) is 60.5 Å². The molecule has 94 valence electrons. The summed E-state index contributed by atoms with van der Waals surface area (Å²) in [5, 5.41) is 0.892. The average Bonchev–Trinajstić information content (AvgIpc) is 2.44. The molecule has 19 heavy (non-hydrogen) atoms. The number of benzene rings is 2. The number of pyridine rings is 1. The number of anilines is 1. The van der Waals surface area contributed by atoms with Crippen LogP contribution in [0.4, 0.5) is 10.1 Å². The van der Waals surface area contributed by atoms with Crippen LogP contribution in [0.3, 0.4) is 0 Å². The largest absolute Gasteiger partial charge is 0.398 e. The molecule has 0 amide bonds. The molecule has 0 aliphatic rings. The van der Waals surface area contributed by atoms with Gasteiger partial charge in [-0.25, -0.2) is 4.39 Å². The molecule has 0 saturated carbocycles. The van der Waals surface area contributed by atoms with Crippen LogP contribution >= 0.6 is 11.8 Å². The van der Waals surface area contributed by atoms with Gasteiger partial charge in [-0.1, -0.05) is 23.9 Å². The second-order valence-corrected chi connectivity index (χ2v) is 5.17. The normalized spacial score (nSPS) is 10.8. The van der Waals surface area contributed by atoms with Crippen LogP contribution in [0.1, 0.15) is 0 Å². The van der Waals surface area contributed by atoms with E-state index in [4.69, 9.17) is 5.73 Å². The van der Waals surface area contributed by atoms with Crippen molar-refractivity contribution in [2.45, 2.75) is 9.79 Å². The van der Waals surface area contributed by atoms with Gasteiger partial charge in [0.25, 0.3) is 0 Å². The highest BCUT2D eigenvalue weighted by Gasteiger charge is 2.09. The lowest BCUT2D eigenvalue weighted by Gasteiger charge is -2.08. The highest BCUT2D eigenvalue weighted by Crippen LogP contribution is 2.35. The maximum absolute atomic E-state index is 13.7. The van der Waals surface area contributed by atoms with Crippen molar-refractivity contribution in [2.24, 2.45) is 0 Å². The van der Waals surface area contributed by atoms with Crippen LogP contribution in [0, 0.1) is 5.82 Å². The fourth-order valence-electron chi connectivity index (χ4n) is 1.90. The number of hydrogen-bond acceptors (Lipinski definition) is 3. The number of nitrogen functional groups attached to an aromatic ring is 1. The van der Waals surface area contributed by atoms with E-state index in [2.05, 4.69) is 4.98 Å². The number of rotatable bonds is 2. The van der Waals surface area contributed by atoms with Gasteiger partial charge in [0.2, 0.25) is 0 Å². The smallest absolute Gasteiger partial charge is 0.137 e. The topological polar surface area (TPSA) is 38.9 Å². The summed E-state index contributed by atoms with van der Waals surface area (Å²) in [6.07, 6.45) is 1.72. The quantitative estimate of drug-likeness (QED) is 0.712. The van der Waals surface area contributed by atoms with Crippen molar-refractivity contribution in [2.75, 3.05) is 5.73 Å². The maximum atomic E-state index is 13.7. The van der Waals surface area contributed by atoms with Crippen molar-refractivity contribution in [1.29, 1.82) is 0 Å². The molecule has 0 saturated heterocycles. The molecule has 2 aromatic carbocycles. The third-order valence-corrected chi connectivity index (χ3v) is 3.92. The Kier molecular flexibility index (Phi) is 3.09. The molecule has 1 heterocycles. The fraction of sp³-hybridized carbons (Fsp3) is 0. The first kappa shape index (κ1) is 12.0. The second-order valence-electron chi connectivity index (χ2n) is 4.08. The molecule has 0 spiro atoms. The van der Waals surface area contributed by atoms with Crippen LogP contribution < -0.4 is 5.73 Å². The molecule has 3 rings (SSSR count). The van der Waals surface area contributed by atoms with E-state index in [0.717, 1.165) is 15.8 Å². The van der Waals surface area contributed by atoms with Crippen molar-refractivity contribution in [3.63, 3.8) is 0 Å². The summed E-state index contributed by atoms with van der Waals surface area (Å²) in [4.78, 5) is 5.83. The molecule has 0 aliphatic carbocycles. The first-order valence-electron chi connectivity index (χ1n) is 5.81. The van der Waals surface area contributed by atoms with E-state index in [1.807, 2.05) is 30.3 Å². The van der Waals surface area contributed by atoms with E-state index >= 15 is 0 Å². The molecule has 3 aromatic rings. The minimum atomic E-state index is -0.228. The zero-order valence-corrected chi connectivity index (χ0v) is 10.8. The number of aromatic nitrogens is 1. The molecule has 1 aromatic heterocycles.